The van der Waals surface area contributed by atoms with E-state index in [9.17, 15) is 0 Å². The van der Waals surface area contributed by atoms with Gasteiger partial charge in [-0.2, -0.15) is 0 Å². The molecule has 0 aliphatic rings. The Kier molecular flexibility index (Phi) is 2.95. The van der Waals surface area contributed by atoms with E-state index in [1.807, 2.05) is 13.0 Å². The van der Waals surface area contributed by atoms with Gasteiger partial charge in [0.2, 0.25) is 0 Å². The molecule has 0 spiro atoms. The Bertz CT molecular complexity index is 501. The summed E-state index contributed by atoms with van der Waals surface area (Å²) in [4.78, 5) is 0. The van der Waals surface area contributed by atoms with Crippen LogP contribution in [0.5, 0.6) is 0 Å². The van der Waals surface area contributed by atoms with E-state index in [1.54, 1.807) is 0 Å². The summed E-state index contributed by atoms with van der Waals surface area (Å²) in [5, 5.41) is 0. The summed E-state index contributed by atoms with van der Waals surface area (Å²) in [5.74, 6) is 0. The van der Waals surface area contributed by atoms with Gasteiger partial charge < -0.3 is 5.73 Å². The maximum atomic E-state index is 6.11. The molecule has 2 rings (SSSR count). The van der Waals surface area contributed by atoms with Crippen LogP contribution in [-0.2, 0) is 6.42 Å². The van der Waals surface area contributed by atoms with Gasteiger partial charge in [0.15, 0.2) is 0 Å². The average Bonchev–Trinajstić information content (AvgIpc) is 2.33. The summed E-state index contributed by atoms with van der Waals surface area (Å²) in [5.41, 5.74) is 11.8. The molecule has 2 N–H and O–H groups in total. The molecule has 0 amide bonds. The number of para-hydroxylation sites is 1. The van der Waals surface area contributed by atoms with Crippen molar-refractivity contribution < 1.29 is 0 Å². The van der Waals surface area contributed by atoms with Gasteiger partial charge in [-0.3, -0.25) is 0 Å². The molecule has 16 heavy (non-hydrogen) atoms. The first-order valence-corrected chi connectivity index (χ1v) is 5.66. The molecule has 2 aromatic rings. The van der Waals surface area contributed by atoms with Crippen molar-refractivity contribution in [2.75, 3.05) is 5.73 Å². The van der Waals surface area contributed by atoms with Crippen molar-refractivity contribution in [1.82, 2.24) is 0 Å². The Morgan fingerprint density at radius 3 is 2.56 bits per heavy atom. The van der Waals surface area contributed by atoms with Gasteiger partial charge in [0.25, 0.3) is 0 Å². The number of hydrogen-bond acceptors (Lipinski definition) is 1. The third-order valence-electron chi connectivity index (χ3n) is 2.97. The van der Waals surface area contributed by atoms with E-state index in [0.717, 1.165) is 23.2 Å². The summed E-state index contributed by atoms with van der Waals surface area (Å²) in [6.07, 6.45) is 1.06. The molecule has 2 aromatic carbocycles. The molecule has 1 nitrogen and oxygen atoms in total. The SMILES string of the molecule is CCc1cccc(-c2cccc(C)c2N)c1. The van der Waals surface area contributed by atoms with E-state index in [1.165, 1.54) is 11.1 Å². The molecular formula is C15H17N. The first kappa shape index (κ1) is 10.7. The lowest BCUT2D eigenvalue weighted by Gasteiger charge is -2.09. The largest absolute Gasteiger partial charge is 0.398 e. The van der Waals surface area contributed by atoms with Crippen LogP contribution in [-0.4, -0.2) is 0 Å². The van der Waals surface area contributed by atoms with Gasteiger partial charge in [0, 0.05) is 11.3 Å². The van der Waals surface area contributed by atoms with Crippen LogP contribution in [0.15, 0.2) is 42.5 Å². The first-order chi connectivity index (χ1) is 7.72. The van der Waals surface area contributed by atoms with Gasteiger partial charge in [-0.05, 0) is 30.0 Å². The highest BCUT2D eigenvalue weighted by Gasteiger charge is 2.04. The molecular weight excluding hydrogens is 194 g/mol. The molecule has 82 valence electrons. The molecule has 0 atom stereocenters. The van der Waals surface area contributed by atoms with Crippen molar-refractivity contribution in [2.24, 2.45) is 0 Å². The fraction of sp³-hybridized carbons (Fsp3) is 0.200. The summed E-state index contributed by atoms with van der Waals surface area (Å²) < 4.78 is 0. The van der Waals surface area contributed by atoms with Gasteiger partial charge in [-0.25, -0.2) is 0 Å². The normalized spacial score (nSPS) is 10.4. The van der Waals surface area contributed by atoms with E-state index in [2.05, 4.69) is 43.3 Å². The van der Waals surface area contributed by atoms with Crippen molar-refractivity contribution >= 4 is 5.69 Å². The monoisotopic (exact) mass is 211 g/mol. The third kappa shape index (κ3) is 1.94. The Labute approximate surface area is 96.9 Å². The van der Waals surface area contributed by atoms with E-state index < -0.39 is 0 Å². The van der Waals surface area contributed by atoms with Crippen molar-refractivity contribution in [3.8, 4) is 11.1 Å². The highest BCUT2D eigenvalue weighted by molar-refractivity contribution is 5.78. The highest BCUT2D eigenvalue weighted by atomic mass is 14.6. The lowest BCUT2D eigenvalue weighted by Crippen LogP contribution is -1.93. The van der Waals surface area contributed by atoms with Gasteiger partial charge in [-0.1, -0.05) is 49.4 Å². The average molecular weight is 211 g/mol. The van der Waals surface area contributed by atoms with Crippen LogP contribution >= 0.6 is 0 Å². The summed E-state index contributed by atoms with van der Waals surface area (Å²) >= 11 is 0. The molecule has 0 heterocycles. The Morgan fingerprint density at radius 2 is 1.81 bits per heavy atom. The van der Waals surface area contributed by atoms with Crippen LogP contribution in [0, 0.1) is 6.92 Å². The zero-order valence-corrected chi connectivity index (χ0v) is 9.83. The topological polar surface area (TPSA) is 26.0 Å². The van der Waals surface area contributed by atoms with E-state index in [4.69, 9.17) is 5.73 Å². The minimum Gasteiger partial charge on any atom is -0.398 e. The molecule has 0 aliphatic heterocycles. The number of hydrogen-bond donors (Lipinski definition) is 1. The quantitative estimate of drug-likeness (QED) is 0.751. The number of nitrogens with two attached hydrogens (primary N) is 1. The van der Waals surface area contributed by atoms with Crippen molar-refractivity contribution in [3.63, 3.8) is 0 Å². The third-order valence-corrected chi connectivity index (χ3v) is 2.97. The first-order valence-electron chi connectivity index (χ1n) is 5.66. The van der Waals surface area contributed by atoms with Crippen molar-refractivity contribution in [3.05, 3.63) is 53.6 Å². The molecule has 0 radical (unpaired) electrons. The number of rotatable bonds is 2. The lowest BCUT2D eigenvalue weighted by atomic mass is 9.99. The second-order valence-corrected chi connectivity index (χ2v) is 4.09. The van der Waals surface area contributed by atoms with Crippen LogP contribution in [0.4, 0.5) is 5.69 Å². The maximum absolute atomic E-state index is 6.11. The van der Waals surface area contributed by atoms with Crippen LogP contribution in [0.2, 0.25) is 0 Å². The van der Waals surface area contributed by atoms with Crippen LogP contribution in [0.1, 0.15) is 18.1 Å². The predicted octanol–water partition coefficient (Wildman–Crippen LogP) is 3.81. The molecule has 0 aromatic heterocycles. The smallest absolute Gasteiger partial charge is 0.0423 e. The fourth-order valence-electron chi connectivity index (χ4n) is 1.89. The minimum absolute atomic E-state index is 0.885. The minimum atomic E-state index is 0.885. The Morgan fingerprint density at radius 1 is 1.06 bits per heavy atom. The lowest BCUT2D eigenvalue weighted by molar-refractivity contribution is 1.14. The maximum Gasteiger partial charge on any atom is 0.0423 e. The number of benzene rings is 2. The fourth-order valence-corrected chi connectivity index (χ4v) is 1.89. The van der Waals surface area contributed by atoms with Crippen molar-refractivity contribution in [2.45, 2.75) is 20.3 Å². The van der Waals surface area contributed by atoms with Crippen molar-refractivity contribution in [1.29, 1.82) is 0 Å². The number of aryl methyl sites for hydroxylation is 2. The van der Waals surface area contributed by atoms with Crippen LogP contribution in [0.25, 0.3) is 11.1 Å². The van der Waals surface area contributed by atoms with Gasteiger partial charge in [0.1, 0.15) is 0 Å². The highest BCUT2D eigenvalue weighted by Crippen LogP contribution is 2.28. The van der Waals surface area contributed by atoms with E-state index in [0.29, 0.717) is 0 Å². The molecule has 0 fully saturated rings. The molecule has 0 saturated carbocycles. The summed E-state index contributed by atoms with van der Waals surface area (Å²) in [7, 11) is 0. The van der Waals surface area contributed by atoms with Crippen LogP contribution in [0.3, 0.4) is 0 Å². The number of anilines is 1. The van der Waals surface area contributed by atoms with Crippen LogP contribution < -0.4 is 5.73 Å². The molecule has 1 heteroatoms. The Hall–Kier alpha value is -1.76. The molecule has 0 bridgehead atoms. The predicted molar refractivity (Wildman–Crippen MR) is 70.4 cm³/mol. The molecule has 0 saturated heterocycles. The van der Waals surface area contributed by atoms with E-state index >= 15 is 0 Å². The van der Waals surface area contributed by atoms with Gasteiger partial charge in [-0.15, -0.1) is 0 Å². The standard InChI is InChI=1S/C15H17N/c1-3-12-7-5-8-13(10-12)14-9-4-6-11(2)15(14)16/h4-10H,3,16H2,1-2H3. The van der Waals surface area contributed by atoms with Gasteiger partial charge >= 0.3 is 0 Å². The molecule has 0 unspecified atom stereocenters. The summed E-state index contributed by atoms with van der Waals surface area (Å²) in [6, 6.07) is 14.8. The zero-order valence-electron chi connectivity index (χ0n) is 9.83. The second kappa shape index (κ2) is 4.40. The van der Waals surface area contributed by atoms with E-state index in [-0.39, 0.29) is 0 Å². The zero-order chi connectivity index (χ0) is 11.5. The molecule has 0 aliphatic carbocycles. The summed E-state index contributed by atoms with van der Waals surface area (Å²) in [6.45, 7) is 4.21. The van der Waals surface area contributed by atoms with Gasteiger partial charge in [0.05, 0.1) is 0 Å². The number of nitrogen functional groups attached to an aromatic ring is 1. The Balaban J connectivity index is 2.54. The second-order valence-electron chi connectivity index (χ2n) is 4.09.